The van der Waals surface area contributed by atoms with Gasteiger partial charge in [-0.2, -0.15) is 0 Å². The Balaban J connectivity index is 1.56. The maximum absolute atomic E-state index is 14.3. The minimum atomic E-state index is -1.26. The highest BCUT2D eigenvalue weighted by Gasteiger charge is 2.78. The Hall–Kier alpha value is -3.06. The van der Waals surface area contributed by atoms with Crippen LogP contribution in [0.15, 0.2) is 36.4 Å². The molecule has 1 unspecified atom stereocenters. The molecule has 6 rings (SSSR count). The number of halogens is 1. The summed E-state index contributed by atoms with van der Waals surface area (Å²) < 4.78 is 14.3. The number of imide groups is 1. The van der Waals surface area contributed by atoms with Crippen molar-refractivity contribution in [2.75, 3.05) is 16.8 Å². The molecule has 2 aromatic carbocycles. The highest BCUT2D eigenvalue weighted by atomic mass is 19.1. The third-order valence-electron chi connectivity index (χ3n) is 7.93. The molecule has 0 aromatic heterocycles. The lowest BCUT2D eigenvalue weighted by molar-refractivity contribution is -0.948. The van der Waals surface area contributed by atoms with Gasteiger partial charge in [0, 0.05) is 18.4 Å². The van der Waals surface area contributed by atoms with Gasteiger partial charge in [-0.05, 0) is 55.3 Å². The van der Waals surface area contributed by atoms with E-state index in [-0.39, 0.29) is 23.8 Å². The molecule has 3 fully saturated rings. The van der Waals surface area contributed by atoms with E-state index < -0.39 is 23.2 Å². The van der Waals surface area contributed by atoms with E-state index in [2.05, 4.69) is 5.32 Å². The van der Waals surface area contributed by atoms with E-state index in [1.165, 1.54) is 17.0 Å². The Morgan fingerprint density at radius 2 is 1.87 bits per heavy atom. The van der Waals surface area contributed by atoms with Gasteiger partial charge < -0.3 is 10.2 Å². The molecule has 3 saturated heterocycles. The van der Waals surface area contributed by atoms with Crippen molar-refractivity contribution < 1.29 is 23.7 Å². The smallest absolute Gasteiger partial charge is 0.291 e. The molecule has 0 aliphatic carbocycles. The number of hydrogen-bond acceptors (Lipinski definition) is 3. The number of nitrogens with zero attached hydrogens (tertiary/aromatic N) is 1. The fourth-order valence-electron chi connectivity index (χ4n) is 6.55. The number of benzene rings is 2. The molecule has 2 N–H and O–H groups in total. The van der Waals surface area contributed by atoms with Crippen LogP contribution in [0.4, 0.5) is 15.8 Å². The molecule has 7 heteroatoms. The fourth-order valence-corrected chi connectivity index (χ4v) is 6.55. The highest BCUT2D eigenvalue weighted by Crippen LogP contribution is 2.52. The van der Waals surface area contributed by atoms with Crippen LogP contribution in [-0.4, -0.2) is 30.3 Å². The minimum absolute atomic E-state index is 0.127. The summed E-state index contributed by atoms with van der Waals surface area (Å²) in [6, 6.07) is 9.64. The minimum Gasteiger partial charge on any atom is -0.320 e. The quantitative estimate of drug-likeness (QED) is 0.687. The topological polar surface area (TPSA) is 70.9 Å². The number of fused-ring (bicyclic) bond motifs is 7. The van der Waals surface area contributed by atoms with Gasteiger partial charge in [-0.15, -0.1) is 0 Å². The number of carbonyl (C=O) groups is 3. The second-order valence-electron chi connectivity index (χ2n) is 9.26. The van der Waals surface area contributed by atoms with Gasteiger partial charge in [0.2, 0.25) is 17.4 Å². The maximum Gasteiger partial charge on any atom is 0.291 e. The summed E-state index contributed by atoms with van der Waals surface area (Å²) in [6.45, 7) is 4.61. The first-order valence-corrected chi connectivity index (χ1v) is 10.8. The Labute approximate surface area is 179 Å². The third-order valence-corrected chi connectivity index (χ3v) is 7.93. The lowest BCUT2D eigenvalue weighted by Gasteiger charge is -2.33. The summed E-state index contributed by atoms with van der Waals surface area (Å²) in [7, 11) is 0. The first-order valence-electron chi connectivity index (χ1n) is 10.8. The summed E-state index contributed by atoms with van der Waals surface area (Å²) >= 11 is 0. The average Bonchev–Trinajstić information content (AvgIpc) is 3.43. The molecule has 158 valence electrons. The molecule has 4 aliphatic rings. The molecular weight excluding hydrogens is 397 g/mol. The Morgan fingerprint density at radius 1 is 1.06 bits per heavy atom. The van der Waals surface area contributed by atoms with Crippen LogP contribution >= 0.6 is 0 Å². The van der Waals surface area contributed by atoms with Crippen LogP contribution in [0.1, 0.15) is 29.5 Å². The number of aryl methyl sites for hydroxylation is 2. The zero-order chi connectivity index (χ0) is 21.7. The summed E-state index contributed by atoms with van der Waals surface area (Å²) in [5.74, 6) is -2.75. The van der Waals surface area contributed by atoms with E-state index in [1.54, 1.807) is 12.1 Å². The molecule has 5 atom stereocenters. The van der Waals surface area contributed by atoms with Gasteiger partial charge >= 0.3 is 0 Å². The van der Waals surface area contributed by atoms with Crippen molar-refractivity contribution in [3.8, 4) is 0 Å². The number of amides is 3. The lowest BCUT2D eigenvalue weighted by atomic mass is 9.75. The molecule has 0 saturated carbocycles. The number of rotatable bonds is 1. The van der Waals surface area contributed by atoms with Crippen molar-refractivity contribution in [2.45, 2.75) is 38.3 Å². The summed E-state index contributed by atoms with van der Waals surface area (Å²) in [6.07, 6.45) is 1.64. The SMILES string of the molecule is Cc1ccc(N2C(=O)[C@@H]3[C@@H](C2=O)[C@]2(C(=O)Nc4ccc(F)cc42)[NH+]2CCC[C@@H]32)cc1C. The molecule has 6 nitrogen and oxygen atoms in total. The van der Waals surface area contributed by atoms with Crippen LogP contribution in [0.3, 0.4) is 0 Å². The number of hydrogen-bond donors (Lipinski definition) is 2. The zero-order valence-corrected chi connectivity index (χ0v) is 17.4. The maximum atomic E-state index is 14.3. The van der Waals surface area contributed by atoms with Gasteiger partial charge in [-0.1, -0.05) is 6.07 Å². The van der Waals surface area contributed by atoms with Crippen molar-refractivity contribution >= 4 is 29.1 Å². The van der Waals surface area contributed by atoms with Crippen LogP contribution in [0.25, 0.3) is 0 Å². The number of carbonyl (C=O) groups excluding carboxylic acids is 3. The normalized spacial score (nSPS) is 33.1. The molecule has 0 bridgehead atoms. The van der Waals surface area contributed by atoms with Crippen LogP contribution < -0.4 is 15.1 Å². The first kappa shape index (κ1) is 18.7. The van der Waals surface area contributed by atoms with Crippen LogP contribution in [-0.2, 0) is 19.9 Å². The van der Waals surface area contributed by atoms with Crippen LogP contribution in [0.2, 0.25) is 0 Å². The molecule has 3 amide bonds. The van der Waals surface area contributed by atoms with E-state index in [0.717, 1.165) is 28.9 Å². The molecular formula is C24H23FN3O3+. The molecule has 4 aliphatic heterocycles. The third kappa shape index (κ3) is 2.12. The highest BCUT2D eigenvalue weighted by molar-refractivity contribution is 6.25. The molecule has 2 aromatic rings. The number of anilines is 2. The van der Waals surface area contributed by atoms with Crippen molar-refractivity contribution in [3.05, 3.63) is 58.9 Å². The summed E-state index contributed by atoms with van der Waals surface area (Å²) in [5.41, 5.74) is 2.39. The van der Waals surface area contributed by atoms with E-state index in [1.807, 2.05) is 26.0 Å². The Bertz CT molecular complexity index is 1190. The number of quaternary nitrogens is 1. The monoisotopic (exact) mass is 420 g/mol. The second-order valence-corrected chi connectivity index (χ2v) is 9.26. The predicted molar refractivity (Wildman–Crippen MR) is 111 cm³/mol. The van der Waals surface area contributed by atoms with Gasteiger partial charge in [0.15, 0.2) is 0 Å². The molecule has 4 heterocycles. The van der Waals surface area contributed by atoms with Crippen molar-refractivity contribution in [1.82, 2.24) is 0 Å². The van der Waals surface area contributed by atoms with E-state index in [9.17, 15) is 18.8 Å². The Morgan fingerprint density at radius 3 is 2.65 bits per heavy atom. The van der Waals surface area contributed by atoms with Gasteiger partial charge in [0.05, 0.1) is 17.9 Å². The standard InChI is InChI=1S/C24H22FN3O3/c1-12-5-7-15(10-13(12)2)28-21(29)19-18-4-3-9-27(18)24(20(19)22(28)30)16-11-14(25)6-8-17(16)26-23(24)31/h5-8,10-11,18-20H,3-4,9H2,1-2H3,(H,26,31)/p+1/t18-,19-,20-,24+/m0/s1. The molecule has 1 spiro atoms. The van der Waals surface area contributed by atoms with E-state index in [0.29, 0.717) is 23.5 Å². The van der Waals surface area contributed by atoms with Gasteiger partial charge in [0.1, 0.15) is 23.7 Å². The van der Waals surface area contributed by atoms with E-state index >= 15 is 0 Å². The first-order chi connectivity index (χ1) is 14.9. The number of nitrogens with one attached hydrogen (secondary N) is 2. The van der Waals surface area contributed by atoms with E-state index in [4.69, 9.17) is 0 Å². The van der Waals surface area contributed by atoms with Crippen molar-refractivity contribution in [1.29, 1.82) is 0 Å². The van der Waals surface area contributed by atoms with Gasteiger partial charge in [0.25, 0.3) is 5.91 Å². The van der Waals surface area contributed by atoms with Gasteiger partial charge in [-0.3, -0.25) is 14.4 Å². The Kier molecular flexibility index (Phi) is 3.62. The largest absolute Gasteiger partial charge is 0.320 e. The molecule has 31 heavy (non-hydrogen) atoms. The lowest BCUT2D eigenvalue weighted by Crippen LogP contribution is -3.19. The summed E-state index contributed by atoms with van der Waals surface area (Å²) in [5, 5.41) is 2.88. The van der Waals surface area contributed by atoms with Crippen LogP contribution in [0.5, 0.6) is 0 Å². The second kappa shape index (κ2) is 6.01. The van der Waals surface area contributed by atoms with Crippen molar-refractivity contribution in [3.63, 3.8) is 0 Å². The van der Waals surface area contributed by atoms with Crippen LogP contribution in [0, 0.1) is 31.5 Å². The fraction of sp³-hybridized carbons (Fsp3) is 0.375. The average molecular weight is 420 g/mol. The molecule has 0 radical (unpaired) electrons. The van der Waals surface area contributed by atoms with Crippen molar-refractivity contribution in [2.24, 2.45) is 11.8 Å². The van der Waals surface area contributed by atoms with Gasteiger partial charge in [-0.25, -0.2) is 9.29 Å². The summed E-state index contributed by atoms with van der Waals surface area (Å²) in [4.78, 5) is 43.2. The zero-order valence-electron chi connectivity index (χ0n) is 17.4. The predicted octanol–water partition coefficient (Wildman–Crippen LogP) is 1.46.